The third kappa shape index (κ3) is 14.6. The Morgan fingerprint density at radius 3 is 1.60 bits per heavy atom. The molecular weight excluding hydrogens is 448 g/mol. The van der Waals surface area contributed by atoms with Crippen LogP contribution in [0.25, 0.3) is 11.1 Å². The minimum Gasteiger partial charge on any atom is -0.494 e. The van der Waals surface area contributed by atoms with Crippen LogP contribution < -0.4 is 4.74 Å². The topological polar surface area (TPSA) is 35.0 Å². The van der Waals surface area contributed by atoms with E-state index in [-0.39, 0.29) is 0 Å². The van der Waals surface area contributed by atoms with Gasteiger partial charge in [0.2, 0.25) is 0 Å². The Kier molecular flexibility index (Phi) is 17.5. The van der Waals surface area contributed by atoms with Crippen LogP contribution in [0, 0.1) is 0 Å². The number of thioether (sulfide) groups is 1. The second kappa shape index (κ2) is 20.6. The highest BCUT2D eigenvalue weighted by atomic mass is 32.2. The van der Waals surface area contributed by atoms with Gasteiger partial charge in [-0.15, -0.1) is 0 Å². The fourth-order valence-electron chi connectivity index (χ4n) is 4.29. The first-order valence-electron chi connectivity index (χ1n) is 14.5. The number of hydrogen-bond donors (Lipinski definition) is 0. The maximum Gasteiger partial charge on any atom is 0.187 e. The van der Waals surface area contributed by atoms with E-state index in [0.717, 1.165) is 40.8 Å². The normalized spacial score (nSPS) is 11.1. The molecule has 4 heteroatoms. The van der Waals surface area contributed by atoms with E-state index in [2.05, 4.69) is 48.1 Å². The van der Waals surface area contributed by atoms with Gasteiger partial charge in [0, 0.05) is 23.7 Å². The van der Waals surface area contributed by atoms with Crippen molar-refractivity contribution in [2.75, 3.05) is 12.4 Å². The first-order valence-corrected chi connectivity index (χ1v) is 15.5. The van der Waals surface area contributed by atoms with Crippen LogP contribution in [0.3, 0.4) is 0 Å². The molecule has 3 nitrogen and oxygen atoms in total. The van der Waals surface area contributed by atoms with Crippen LogP contribution in [0.15, 0.2) is 41.8 Å². The van der Waals surface area contributed by atoms with Crippen molar-refractivity contribution in [1.29, 1.82) is 0 Å². The number of rotatable bonds is 22. The molecule has 2 rings (SSSR count). The third-order valence-electron chi connectivity index (χ3n) is 6.56. The Morgan fingerprint density at radius 2 is 1.06 bits per heavy atom. The number of benzene rings is 1. The smallest absolute Gasteiger partial charge is 0.187 e. The Hall–Kier alpha value is -1.55. The lowest BCUT2D eigenvalue weighted by atomic mass is 10.1. The van der Waals surface area contributed by atoms with Gasteiger partial charge in [0.15, 0.2) is 5.16 Å². The predicted molar refractivity (Wildman–Crippen MR) is 154 cm³/mol. The van der Waals surface area contributed by atoms with Crippen molar-refractivity contribution in [3.8, 4) is 16.9 Å². The van der Waals surface area contributed by atoms with E-state index in [1.54, 1.807) is 11.8 Å². The van der Waals surface area contributed by atoms with Crippen LogP contribution in [-0.4, -0.2) is 22.3 Å². The van der Waals surface area contributed by atoms with Gasteiger partial charge in [-0.1, -0.05) is 134 Å². The van der Waals surface area contributed by atoms with E-state index in [0.29, 0.717) is 0 Å². The fourth-order valence-corrected chi connectivity index (χ4v) is 5.07. The van der Waals surface area contributed by atoms with Gasteiger partial charge < -0.3 is 4.74 Å². The summed E-state index contributed by atoms with van der Waals surface area (Å²) in [4.78, 5) is 9.14. The molecule has 0 spiro atoms. The first-order chi connectivity index (χ1) is 17.3. The van der Waals surface area contributed by atoms with Gasteiger partial charge in [-0.05, 0) is 30.5 Å². The summed E-state index contributed by atoms with van der Waals surface area (Å²) in [7, 11) is 0. The molecule has 0 aliphatic rings. The quantitative estimate of drug-likeness (QED) is 0.0918. The molecule has 0 aliphatic heterocycles. The molecule has 0 unspecified atom stereocenters. The second-order valence-electron chi connectivity index (χ2n) is 9.78. The van der Waals surface area contributed by atoms with Gasteiger partial charge in [-0.25, -0.2) is 9.97 Å². The maximum absolute atomic E-state index is 5.94. The molecule has 35 heavy (non-hydrogen) atoms. The molecule has 2 aromatic rings. The Bertz CT molecular complexity index is 733. The number of hydrogen-bond acceptors (Lipinski definition) is 4. The molecule has 1 aromatic heterocycles. The Labute approximate surface area is 220 Å². The van der Waals surface area contributed by atoms with E-state index >= 15 is 0 Å². The minimum absolute atomic E-state index is 0.809. The summed E-state index contributed by atoms with van der Waals surface area (Å²) in [5.41, 5.74) is 2.20. The summed E-state index contributed by atoms with van der Waals surface area (Å²) < 4.78 is 5.94. The summed E-state index contributed by atoms with van der Waals surface area (Å²) >= 11 is 1.78. The van der Waals surface area contributed by atoms with Crippen molar-refractivity contribution >= 4 is 11.8 Å². The summed E-state index contributed by atoms with van der Waals surface area (Å²) in [6, 6.07) is 8.34. The lowest BCUT2D eigenvalue weighted by Crippen LogP contribution is -1.97. The Balaban J connectivity index is 1.55. The number of ether oxygens (including phenoxy) is 1. The lowest BCUT2D eigenvalue weighted by Gasteiger charge is -2.08. The van der Waals surface area contributed by atoms with Crippen LogP contribution in [0.5, 0.6) is 5.75 Å². The lowest BCUT2D eigenvalue weighted by molar-refractivity contribution is 0.304. The summed E-state index contributed by atoms with van der Waals surface area (Å²) in [6.45, 7) is 5.36. The molecule has 1 heterocycles. The number of aromatic nitrogens is 2. The second-order valence-corrected chi connectivity index (χ2v) is 10.8. The van der Waals surface area contributed by atoms with E-state index in [4.69, 9.17) is 4.74 Å². The van der Waals surface area contributed by atoms with Crippen molar-refractivity contribution < 1.29 is 4.74 Å². The predicted octanol–water partition coefficient (Wildman–Crippen LogP) is 10.3. The van der Waals surface area contributed by atoms with Crippen LogP contribution in [0.4, 0.5) is 0 Å². The highest BCUT2D eigenvalue weighted by Gasteiger charge is 2.03. The zero-order chi connectivity index (χ0) is 24.8. The average Bonchev–Trinajstić information content (AvgIpc) is 2.89. The van der Waals surface area contributed by atoms with Crippen LogP contribution in [-0.2, 0) is 0 Å². The molecular formula is C31H50N2OS. The number of unbranched alkanes of at least 4 members (excludes halogenated alkanes) is 15. The molecule has 0 N–H and O–H groups in total. The van der Waals surface area contributed by atoms with E-state index in [1.165, 1.54) is 103 Å². The maximum atomic E-state index is 5.94. The number of nitrogens with zero attached hydrogens (tertiary/aromatic N) is 2. The van der Waals surface area contributed by atoms with Crippen LogP contribution in [0.2, 0.25) is 0 Å². The largest absolute Gasteiger partial charge is 0.494 e. The molecule has 0 amide bonds. The molecule has 0 saturated carbocycles. The zero-order valence-corrected chi connectivity index (χ0v) is 23.4. The zero-order valence-electron chi connectivity index (χ0n) is 22.6. The molecule has 0 saturated heterocycles. The molecule has 0 radical (unpaired) electrons. The van der Waals surface area contributed by atoms with Crippen LogP contribution >= 0.6 is 11.8 Å². The molecule has 0 atom stereocenters. The SMILES string of the molecule is CCCCCCCCCCCOc1ccc(-c2cnc(SCCCCCCCCCC)nc2)cc1. The molecule has 0 fully saturated rings. The summed E-state index contributed by atoms with van der Waals surface area (Å²) in [6.07, 6.45) is 26.8. The van der Waals surface area contributed by atoms with Crippen molar-refractivity contribution in [3.63, 3.8) is 0 Å². The Morgan fingerprint density at radius 1 is 0.571 bits per heavy atom. The van der Waals surface area contributed by atoms with Gasteiger partial charge in [0.25, 0.3) is 0 Å². The molecule has 0 bridgehead atoms. The van der Waals surface area contributed by atoms with Gasteiger partial charge >= 0.3 is 0 Å². The van der Waals surface area contributed by atoms with E-state index in [1.807, 2.05) is 12.4 Å². The van der Waals surface area contributed by atoms with Gasteiger partial charge in [-0.2, -0.15) is 0 Å². The van der Waals surface area contributed by atoms with Gasteiger partial charge in [0.1, 0.15) is 5.75 Å². The van der Waals surface area contributed by atoms with E-state index in [9.17, 15) is 0 Å². The highest BCUT2D eigenvalue weighted by molar-refractivity contribution is 7.99. The van der Waals surface area contributed by atoms with E-state index < -0.39 is 0 Å². The standard InChI is InChI=1S/C31H50N2OS/c1-3-5-7-9-11-13-14-16-18-24-34-30-22-20-28(21-23-30)29-26-32-31(33-27-29)35-25-19-17-15-12-10-8-6-4-2/h20-23,26-27H,3-19,24-25H2,1-2H3. The van der Waals surface area contributed by atoms with Crippen molar-refractivity contribution in [3.05, 3.63) is 36.7 Å². The summed E-state index contributed by atoms with van der Waals surface area (Å²) in [5, 5.41) is 0.887. The third-order valence-corrected chi connectivity index (χ3v) is 7.52. The van der Waals surface area contributed by atoms with Gasteiger partial charge in [0.05, 0.1) is 6.61 Å². The summed E-state index contributed by atoms with van der Waals surface area (Å²) in [5.74, 6) is 2.06. The molecule has 196 valence electrons. The average molecular weight is 499 g/mol. The monoisotopic (exact) mass is 498 g/mol. The molecule has 0 aliphatic carbocycles. The fraction of sp³-hybridized carbons (Fsp3) is 0.677. The van der Waals surface area contributed by atoms with Crippen molar-refractivity contribution in [1.82, 2.24) is 9.97 Å². The minimum atomic E-state index is 0.809. The highest BCUT2D eigenvalue weighted by Crippen LogP contribution is 2.23. The van der Waals surface area contributed by atoms with Crippen molar-refractivity contribution in [2.24, 2.45) is 0 Å². The van der Waals surface area contributed by atoms with Gasteiger partial charge in [-0.3, -0.25) is 0 Å². The van der Waals surface area contributed by atoms with Crippen molar-refractivity contribution in [2.45, 2.75) is 128 Å². The first kappa shape index (κ1) is 29.7. The van der Waals surface area contributed by atoms with Crippen LogP contribution in [0.1, 0.15) is 123 Å². The molecule has 1 aromatic carbocycles.